The topological polar surface area (TPSA) is 53.6 Å². The van der Waals surface area contributed by atoms with Crippen LogP contribution in [-0.4, -0.2) is 61.8 Å². The van der Waals surface area contributed by atoms with Crippen LogP contribution >= 0.6 is 0 Å². The second kappa shape index (κ2) is 8.71. The first kappa shape index (κ1) is 16.7. The highest BCUT2D eigenvalue weighted by Crippen LogP contribution is 2.12. The molecule has 2 aliphatic rings. The summed E-state index contributed by atoms with van der Waals surface area (Å²) >= 11 is 0. The van der Waals surface area contributed by atoms with Crippen LogP contribution in [0.1, 0.15) is 46.0 Å². The minimum Gasteiger partial charge on any atom is -0.377 e. The van der Waals surface area contributed by atoms with Gasteiger partial charge in [-0.25, -0.2) is 0 Å². The van der Waals surface area contributed by atoms with Crippen molar-refractivity contribution in [1.82, 2.24) is 15.5 Å². The van der Waals surface area contributed by atoms with Gasteiger partial charge in [-0.2, -0.15) is 0 Å². The zero-order valence-corrected chi connectivity index (χ0v) is 13.6. The summed E-state index contributed by atoms with van der Waals surface area (Å²) in [5.41, 5.74) is 0. The number of nitrogens with one attached hydrogen (secondary N) is 2. The molecule has 1 atom stereocenters. The molecule has 122 valence electrons. The van der Waals surface area contributed by atoms with Crippen LogP contribution in [0.5, 0.6) is 0 Å². The molecule has 0 aromatic carbocycles. The first-order valence-electron chi connectivity index (χ1n) is 8.50. The van der Waals surface area contributed by atoms with Crippen LogP contribution in [0.25, 0.3) is 0 Å². The molecular weight excluding hydrogens is 266 g/mol. The van der Waals surface area contributed by atoms with E-state index in [2.05, 4.69) is 29.4 Å². The number of piperidine rings is 1. The number of ether oxygens (including phenoxy) is 1. The van der Waals surface area contributed by atoms with E-state index >= 15 is 0 Å². The fourth-order valence-corrected chi connectivity index (χ4v) is 3.16. The van der Waals surface area contributed by atoms with Gasteiger partial charge in [0.15, 0.2) is 0 Å². The molecule has 2 fully saturated rings. The van der Waals surface area contributed by atoms with Crippen molar-refractivity contribution in [2.45, 2.75) is 64.1 Å². The molecule has 0 aromatic heterocycles. The molecule has 0 saturated carbocycles. The molecular formula is C16H31N3O2. The second-order valence-electron chi connectivity index (χ2n) is 6.60. The number of carbonyl (C=O) groups excluding carboxylic acids is 1. The first-order valence-corrected chi connectivity index (χ1v) is 8.50. The van der Waals surface area contributed by atoms with E-state index < -0.39 is 0 Å². The van der Waals surface area contributed by atoms with Crippen LogP contribution in [0, 0.1) is 0 Å². The van der Waals surface area contributed by atoms with E-state index in [0.29, 0.717) is 24.6 Å². The molecule has 1 amide bonds. The van der Waals surface area contributed by atoms with E-state index in [9.17, 15) is 4.79 Å². The van der Waals surface area contributed by atoms with E-state index in [0.717, 1.165) is 52.0 Å². The summed E-state index contributed by atoms with van der Waals surface area (Å²) < 4.78 is 5.59. The Hall–Kier alpha value is -0.650. The lowest BCUT2D eigenvalue weighted by atomic mass is 10.0. The second-order valence-corrected chi connectivity index (χ2v) is 6.60. The van der Waals surface area contributed by atoms with Crippen molar-refractivity contribution in [1.29, 1.82) is 0 Å². The van der Waals surface area contributed by atoms with Gasteiger partial charge in [0.05, 0.1) is 12.7 Å². The van der Waals surface area contributed by atoms with Gasteiger partial charge in [-0.15, -0.1) is 0 Å². The molecule has 0 spiro atoms. The lowest BCUT2D eigenvalue weighted by Crippen LogP contribution is -2.46. The minimum absolute atomic E-state index is 0.219. The number of carbonyl (C=O) groups is 1. The molecule has 2 aliphatic heterocycles. The maximum Gasteiger partial charge on any atom is 0.221 e. The van der Waals surface area contributed by atoms with Crippen LogP contribution in [0.15, 0.2) is 0 Å². The predicted octanol–water partition coefficient (Wildman–Crippen LogP) is 1.13. The molecule has 0 radical (unpaired) electrons. The SMILES string of the molecule is CC(C)OCCN1CCC(NC(=O)CC2CCCN2)CC1. The van der Waals surface area contributed by atoms with Crippen molar-refractivity contribution >= 4 is 5.91 Å². The molecule has 0 aromatic rings. The van der Waals surface area contributed by atoms with Crippen LogP contribution in [0.3, 0.4) is 0 Å². The molecule has 2 rings (SSSR count). The number of hydrogen-bond acceptors (Lipinski definition) is 4. The average molecular weight is 297 g/mol. The quantitative estimate of drug-likeness (QED) is 0.740. The maximum absolute atomic E-state index is 12.0. The maximum atomic E-state index is 12.0. The molecule has 0 bridgehead atoms. The van der Waals surface area contributed by atoms with Crippen molar-refractivity contribution in [3.63, 3.8) is 0 Å². The Morgan fingerprint density at radius 1 is 1.33 bits per heavy atom. The van der Waals surface area contributed by atoms with Gasteiger partial charge in [-0.3, -0.25) is 4.79 Å². The van der Waals surface area contributed by atoms with Gasteiger partial charge < -0.3 is 20.3 Å². The average Bonchev–Trinajstić information content (AvgIpc) is 2.93. The molecule has 2 heterocycles. The summed E-state index contributed by atoms with van der Waals surface area (Å²) in [6.07, 6.45) is 5.42. The van der Waals surface area contributed by atoms with Gasteiger partial charge in [-0.1, -0.05) is 0 Å². The summed E-state index contributed by atoms with van der Waals surface area (Å²) in [6.45, 7) is 9.14. The molecule has 5 nitrogen and oxygen atoms in total. The zero-order valence-electron chi connectivity index (χ0n) is 13.6. The Bertz CT molecular complexity index is 309. The number of rotatable bonds is 7. The molecule has 2 saturated heterocycles. The van der Waals surface area contributed by atoms with E-state index in [1.54, 1.807) is 0 Å². The molecule has 21 heavy (non-hydrogen) atoms. The van der Waals surface area contributed by atoms with Gasteiger partial charge >= 0.3 is 0 Å². The van der Waals surface area contributed by atoms with E-state index in [1.165, 1.54) is 6.42 Å². The van der Waals surface area contributed by atoms with E-state index in [4.69, 9.17) is 4.74 Å². The van der Waals surface area contributed by atoms with Crippen molar-refractivity contribution in [3.05, 3.63) is 0 Å². The Kier molecular flexibility index (Phi) is 6.93. The Morgan fingerprint density at radius 2 is 2.10 bits per heavy atom. The standard InChI is InChI=1S/C16H31N3O2/c1-13(2)21-11-10-19-8-5-14(6-9-19)18-16(20)12-15-4-3-7-17-15/h13-15,17H,3-12H2,1-2H3,(H,18,20). The van der Waals surface area contributed by atoms with E-state index in [-0.39, 0.29) is 5.91 Å². The lowest BCUT2D eigenvalue weighted by molar-refractivity contribution is -0.122. The normalized spacial score (nSPS) is 24.6. The summed E-state index contributed by atoms with van der Waals surface area (Å²) in [7, 11) is 0. The molecule has 1 unspecified atom stereocenters. The fraction of sp³-hybridized carbons (Fsp3) is 0.938. The monoisotopic (exact) mass is 297 g/mol. The molecule has 0 aliphatic carbocycles. The van der Waals surface area contributed by atoms with Crippen molar-refractivity contribution < 1.29 is 9.53 Å². The Labute approximate surface area is 128 Å². The van der Waals surface area contributed by atoms with Crippen LogP contribution < -0.4 is 10.6 Å². The third-order valence-corrected chi connectivity index (χ3v) is 4.41. The number of likely N-dealkylation sites (tertiary alicyclic amines) is 1. The summed E-state index contributed by atoms with van der Waals surface area (Å²) in [4.78, 5) is 14.4. The summed E-state index contributed by atoms with van der Waals surface area (Å²) in [5.74, 6) is 0.219. The number of nitrogens with zero attached hydrogens (tertiary/aromatic N) is 1. The molecule has 5 heteroatoms. The summed E-state index contributed by atoms with van der Waals surface area (Å²) in [6, 6.07) is 0.763. The Morgan fingerprint density at radius 3 is 2.71 bits per heavy atom. The van der Waals surface area contributed by atoms with Gasteiger partial charge in [0.2, 0.25) is 5.91 Å². The van der Waals surface area contributed by atoms with Crippen molar-refractivity contribution in [3.8, 4) is 0 Å². The lowest BCUT2D eigenvalue weighted by Gasteiger charge is -2.32. The third kappa shape index (κ3) is 6.32. The van der Waals surface area contributed by atoms with Gasteiger partial charge in [0.25, 0.3) is 0 Å². The molecule has 2 N–H and O–H groups in total. The highest BCUT2D eigenvalue weighted by Gasteiger charge is 2.23. The fourth-order valence-electron chi connectivity index (χ4n) is 3.16. The minimum atomic E-state index is 0.219. The van der Waals surface area contributed by atoms with Crippen molar-refractivity contribution in [2.75, 3.05) is 32.8 Å². The van der Waals surface area contributed by atoms with Crippen LogP contribution in [-0.2, 0) is 9.53 Å². The van der Waals surface area contributed by atoms with Gasteiger partial charge in [-0.05, 0) is 46.1 Å². The third-order valence-electron chi connectivity index (χ3n) is 4.41. The highest BCUT2D eigenvalue weighted by atomic mass is 16.5. The number of amides is 1. The number of hydrogen-bond donors (Lipinski definition) is 2. The van der Waals surface area contributed by atoms with Crippen LogP contribution in [0.2, 0.25) is 0 Å². The largest absolute Gasteiger partial charge is 0.377 e. The van der Waals surface area contributed by atoms with E-state index in [1.807, 2.05) is 0 Å². The van der Waals surface area contributed by atoms with Gasteiger partial charge in [0, 0.05) is 38.1 Å². The Balaban J connectivity index is 1.56. The van der Waals surface area contributed by atoms with Gasteiger partial charge in [0.1, 0.15) is 0 Å². The van der Waals surface area contributed by atoms with Crippen molar-refractivity contribution in [2.24, 2.45) is 0 Å². The predicted molar refractivity (Wildman–Crippen MR) is 84.3 cm³/mol. The highest BCUT2D eigenvalue weighted by molar-refractivity contribution is 5.76. The first-order chi connectivity index (χ1) is 10.1. The van der Waals surface area contributed by atoms with Crippen LogP contribution in [0.4, 0.5) is 0 Å². The summed E-state index contributed by atoms with van der Waals surface area (Å²) in [5, 5.41) is 6.58. The zero-order chi connectivity index (χ0) is 15.1. The smallest absolute Gasteiger partial charge is 0.221 e.